The van der Waals surface area contributed by atoms with Crippen LogP contribution in [0.15, 0.2) is 4.52 Å². The van der Waals surface area contributed by atoms with Gasteiger partial charge in [-0.1, -0.05) is 39.8 Å². The van der Waals surface area contributed by atoms with Gasteiger partial charge in [-0.2, -0.15) is 4.98 Å². The fraction of sp³-hybridized carbons (Fsp3) is 0.778. The molecule has 0 bridgehead atoms. The van der Waals surface area contributed by atoms with E-state index >= 15 is 0 Å². The van der Waals surface area contributed by atoms with Crippen LogP contribution in [0, 0.1) is 17.3 Å². The molecule has 1 aliphatic carbocycles. The molecular formula is C18H30N4O5. The van der Waals surface area contributed by atoms with Gasteiger partial charge in [0.2, 0.25) is 11.8 Å². The Kier molecular flexibility index (Phi) is 6.59. The van der Waals surface area contributed by atoms with Crippen LogP contribution < -0.4 is 10.8 Å². The van der Waals surface area contributed by atoms with E-state index in [1.54, 1.807) is 0 Å². The van der Waals surface area contributed by atoms with Gasteiger partial charge in [0.15, 0.2) is 5.82 Å². The van der Waals surface area contributed by atoms with Gasteiger partial charge in [-0.15, -0.1) is 0 Å². The number of aromatic nitrogens is 2. The zero-order valence-corrected chi connectivity index (χ0v) is 16.5. The highest BCUT2D eigenvalue weighted by Crippen LogP contribution is 2.40. The van der Waals surface area contributed by atoms with E-state index in [-0.39, 0.29) is 12.3 Å². The average Bonchev–Trinajstić information content (AvgIpc) is 3.32. The van der Waals surface area contributed by atoms with Gasteiger partial charge in [-0.05, 0) is 30.6 Å². The first-order valence-corrected chi connectivity index (χ1v) is 9.30. The van der Waals surface area contributed by atoms with E-state index in [0.29, 0.717) is 17.6 Å². The van der Waals surface area contributed by atoms with Gasteiger partial charge < -0.3 is 14.9 Å². The number of hydroxylamine groups is 1. The number of carbonyl (C=O) groups excluding carboxylic acids is 2. The molecule has 0 aliphatic heterocycles. The number of rotatable bonds is 8. The van der Waals surface area contributed by atoms with Crippen LogP contribution in [0.4, 0.5) is 0 Å². The molecule has 1 aromatic heterocycles. The quantitative estimate of drug-likeness (QED) is 0.396. The maximum absolute atomic E-state index is 12.9. The summed E-state index contributed by atoms with van der Waals surface area (Å²) in [6, 6.07) is -0.555. The SMILES string of the molecule is CC(C)C[C@@H](C(=O)N[C@H](c1noc(C2CC2)n1)C(C)(C)C)[C@H](O)C(=O)NO. The van der Waals surface area contributed by atoms with Crippen LogP contribution in [0.1, 0.15) is 77.6 Å². The Balaban J connectivity index is 2.22. The summed E-state index contributed by atoms with van der Waals surface area (Å²) in [5, 5.41) is 25.9. The first kappa shape index (κ1) is 21.3. The van der Waals surface area contributed by atoms with Gasteiger partial charge in [0.1, 0.15) is 6.10 Å². The summed E-state index contributed by atoms with van der Waals surface area (Å²) < 4.78 is 5.32. The predicted molar refractivity (Wildman–Crippen MR) is 95.5 cm³/mol. The van der Waals surface area contributed by atoms with Crippen LogP contribution in [0.3, 0.4) is 0 Å². The summed E-state index contributed by atoms with van der Waals surface area (Å²) >= 11 is 0. The number of nitrogens with one attached hydrogen (secondary N) is 2. The number of amides is 2. The number of hydrogen-bond donors (Lipinski definition) is 4. The maximum Gasteiger partial charge on any atom is 0.272 e. The fourth-order valence-corrected chi connectivity index (χ4v) is 2.91. The minimum atomic E-state index is -1.66. The summed E-state index contributed by atoms with van der Waals surface area (Å²) in [6.07, 6.45) is 0.655. The Bertz CT molecular complexity index is 663. The van der Waals surface area contributed by atoms with Gasteiger partial charge in [-0.3, -0.25) is 14.8 Å². The first-order chi connectivity index (χ1) is 12.5. The number of aliphatic hydroxyl groups is 1. The number of aliphatic hydroxyl groups excluding tert-OH is 1. The highest BCUT2D eigenvalue weighted by molar-refractivity contribution is 5.88. The molecule has 1 fully saturated rings. The standard InChI is InChI=1S/C18H30N4O5/c1-9(2)8-11(12(23)16(25)21-26)15(24)19-13(18(3,4)5)14-20-17(27-22-14)10-6-7-10/h9-13,23,26H,6-8H2,1-5H3,(H,19,24)(H,21,25)/t11-,12+,13-/m1/s1. The summed E-state index contributed by atoms with van der Waals surface area (Å²) in [5.41, 5.74) is 0.979. The van der Waals surface area contributed by atoms with Gasteiger partial charge in [0.05, 0.1) is 12.0 Å². The molecule has 9 nitrogen and oxygen atoms in total. The van der Waals surface area contributed by atoms with Crippen LogP contribution in [-0.2, 0) is 9.59 Å². The summed E-state index contributed by atoms with van der Waals surface area (Å²) in [4.78, 5) is 29.0. The van der Waals surface area contributed by atoms with Crippen molar-refractivity contribution in [1.29, 1.82) is 0 Å². The van der Waals surface area contributed by atoms with Crippen molar-refractivity contribution in [3.8, 4) is 0 Å². The van der Waals surface area contributed by atoms with Crippen LogP contribution in [0.5, 0.6) is 0 Å². The molecule has 4 N–H and O–H groups in total. The van der Waals surface area contributed by atoms with E-state index in [1.165, 1.54) is 5.48 Å². The van der Waals surface area contributed by atoms with Crippen molar-refractivity contribution >= 4 is 11.8 Å². The lowest BCUT2D eigenvalue weighted by molar-refractivity contribution is -0.147. The van der Waals surface area contributed by atoms with Crippen molar-refractivity contribution in [3.05, 3.63) is 11.7 Å². The molecule has 1 heterocycles. The summed E-state index contributed by atoms with van der Waals surface area (Å²) in [6.45, 7) is 9.55. The van der Waals surface area contributed by atoms with E-state index in [4.69, 9.17) is 9.73 Å². The monoisotopic (exact) mass is 382 g/mol. The first-order valence-electron chi connectivity index (χ1n) is 9.30. The zero-order chi connectivity index (χ0) is 20.4. The third-order valence-corrected chi connectivity index (χ3v) is 4.62. The highest BCUT2D eigenvalue weighted by atomic mass is 16.5. The number of nitrogens with zero attached hydrogens (tertiary/aromatic N) is 2. The second kappa shape index (κ2) is 8.35. The average molecular weight is 382 g/mol. The Labute approximate surface area is 158 Å². The molecule has 3 atom stereocenters. The summed E-state index contributed by atoms with van der Waals surface area (Å²) in [5.74, 6) is -1.23. The Morgan fingerprint density at radius 3 is 2.37 bits per heavy atom. The van der Waals surface area contributed by atoms with Crippen molar-refractivity contribution < 1.29 is 24.4 Å². The maximum atomic E-state index is 12.9. The van der Waals surface area contributed by atoms with Crippen molar-refractivity contribution in [3.63, 3.8) is 0 Å². The lowest BCUT2D eigenvalue weighted by Gasteiger charge is -2.31. The van der Waals surface area contributed by atoms with Crippen molar-refractivity contribution in [2.45, 2.75) is 71.9 Å². The predicted octanol–water partition coefficient (Wildman–Crippen LogP) is 1.68. The molecule has 0 radical (unpaired) electrons. The van der Waals surface area contributed by atoms with Gasteiger partial charge in [0, 0.05) is 5.92 Å². The topological polar surface area (TPSA) is 138 Å². The largest absolute Gasteiger partial charge is 0.382 e. The van der Waals surface area contributed by atoms with Gasteiger partial charge in [-0.25, -0.2) is 5.48 Å². The second-order valence-corrected chi connectivity index (χ2v) is 8.73. The highest BCUT2D eigenvalue weighted by Gasteiger charge is 2.39. The molecule has 0 unspecified atom stereocenters. The van der Waals surface area contributed by atoms with E-state index in [2.05, 4.69) is 15.5 Å². The smallest absolute Gasteiger partial charge is 0.272 e. The van der Waals surface area contributed by atoms with Crippen molar-refractivity contribution in [2.75, 3.05) is 0 Å². The lowest BCUT2D eigenvalue weighted by atomic mass is 9.84. The van der Waals surface area contributed by atoms with E-state index in [1.807, 2.05) is 34.6 Å². The van der Waals surface area contributed by atoms with E-state index in [0.717, 1.165) is 12.8 Å². The molecule has 2 rings (SSSR count). The molecule has 0 aromatic carbocycles. The molecule has 0 spiro atoms. The fourth-order valence-electron chi connectivity index (χ4n) is 2.91. The van der Waals surface area contributed by atoms with Gasteiger partial charge in [0.25, 0.3) is 5.91 Å². The molecule has 2 amide bonds. The van der Waals surface area contributed by atoms with Gasteiger partial charge >= 0.3 is 0 Å². The van der Waals surface area contributed by atoms with E-state index in [9.17, 15) is 14.7 Å². The molecule has 1 aliphatic rings. The van der Waals surface area contributed by atoms with E-state index < -0.39 is 35.3 Å². The third kappa shape index (κ3) is 5.49. The third-order valence-electron chi connectivity index (χ3n) is 4.62. The van der Waals surface area contributed by atoms with Crippen molar-refractivity contribution in [1.82, 2.24) is 20.9 Å². The Morgan fingerprint density at radius 2 is 1.89 bits per heavy atom. The van der Waals surface area contributed by atoms with Crippen molar-refractivity contribution in [2.24, 2.45) is 17.3 Å². The normalized spacial score (nSPS) is 18.1. The summed E-state index contributed by atoms with van der Waals surface area (Å²) in [7, 11) is 0. The molecule has 152 valence electrons. The Hall–Kier alpha value is -2.00. The second-order valence-electron chi connectivity index (χ2n) is 8.73. The zero-order valence-electron chi connectivity index (χ0n) is 16.5. The number of carbonyl (C=O) groups is 2. The lowest BCUT2D eigenvalue weighted by Crippen LogP contribution is -2.48. The van der Waals surface area contributed by atoms with Crippen LogP contribution in [0.25, 0.3) is 0 Å². The van der Waals surface area contributed by atoms with Crippen LogP contribution >= 0.6 is 0 Å². The Morgan fingerprint density at radius 1 is 1.26 bits per heavy atom. The molecule has 1 saturated carbocycles. The number of hydrogen-bond acceptors (Lipinski definition) is 7. The van der Waals surface area contributed by atoms with Crippen LogP contribution in [-0.4, -0.2) is 38.4 Å². The molecule has 0 saturated heterocycles. The minimum absolute atomic E-state index is 0.0571. The van der Waals surface area contributed by atoms with Crippen LogP contribution in [0.2, 0.25) is 0 Å². The minimum Gasteiger partial charge on any atom is -0.382 e. The molecular weight excluding hydrogens is 352 g/mol. The molecule has 1 aromatic rings. The molecule has 9 heteroatoms. The molecule has 27 heavy (non-hydrogen) atoms.